The normalized spacial score (nSPS) is 27.1. The maximum atomic E-state index is 12.6. The molecule has 0 saturated carbocycles. The Morgan fingerprint density at radius 3 is 3.26 bits per heavy atom. The van der Waals surface area contributed by atoms with Crippen LogP contribution in [0.15, 0.2) is 12.5 Å². The third-order valence-electron chi connectivity index (χ3n) is 4.04. The lowest BCUT2D eigenvalue weighted by atomic mass is 9.94. The zero-order valence-corrected chi connectivity index (χ0v) is 10.9. The summed E-state index contributed by atoms with van der Waals surface area (Å²) in [6.07, 6.45) is 5.25. The Hall–Kier alpha value is -1.40. The van der Waals surface area contributed by atoms with Crippen molar-refractivity contribution in [3.8, 4) is 0 Å². The minimum Gasteiger partial charge on any atom is -0.394 e. The second kappa shape index (κ2) is 5.30. The van der Waals surface area contributed by atoms with Crippen molar-refractivity contribution in [2.75, 3.05) is 26.4 Å². The lowest BCUT2D eigenvalue weighted by Gasteiger charge is -2.37. The SMILES string of the molecule is O=C(C1CCn2cncc2C1)N1CCOCC1CO. The number of hydrogen-bond acceptors (Lipinski definition) is 4. The van der Waals surface area contributed by atoms with Gasteiger partial charge in [-0.25, -0.2) is 4.98 Å². The van der Waals surface area contributed by atoms with Gasteiger partial charge in [0.15, 0.2) is 0 Å². The quantitative estimate of drug-likeness (QED) is 0.795. The number of aryl methyl sites for hydroxylation is 1. The van der Waals surface area contributed by atoms with Gasteiger partial charge in [-0.15, -0.1) is 0 Å². The van der Waals surface area contributed by atoms with Crippen molar-refractivity contribution >= 4 is 5.91 Å². The molecule has 6 heteroatoms. The molecule has 3 heterocycles. The summed E-state index contributed by atoms with van der Waals surface area (Å²) in [6.45, 7) is 2.40. The number of hydrogen-bond donors (Lipinski definition) is 1. The van der Waals surface area contributed by atoms with E-state index in [4.69, 9.17) is 4.74 Å². The molecule has 1 fully saturated rings. The Bertz CT molecular complexity index is 460. The summed E-state index contributed by atoms with van der Waals surface area (Å²) in [5.41, 5.74) is 1.12. The monoisotopic (exact) mass is 265 g/mol. The first-order valence-corrected chi connectivity index (χ1v) is 6.77. The predicted octanol–water partition coefficient (Wildman–Crippen LogP) is -0.335. The first-order chi connectivity index (χ1) is 9.29. The molecule has 0 bridgehead atoms. The molecule has 19 heavy (non-hydrogen) atoms. The fourth-order valence-electron chi connectivity index (χ4n) is 2.91. The largest absolute Gasteiger partial charge is 0.394 e. The van der Waals surface area contributed by atoms with E-state index in [1.807, 2.05) is 12.5 Å². The number of morpholine rings is 1. The van der Waals surface area contributed by atoms with Crippen LogP contribution in [0.4, 0.5) is 0 Å². The van der Waals surface area contributed by atoms with Gasteiger partial charge < -0.3 is 19.3 Å². The summed E-state index contributed by atoms with van der Waals surface area (Å²) in [7, 11) is 0. The van der Waals surface area contributed by atoms with Crippen LogP contribution in [-0.2, 0) is 22.5 Å². The minimum absolute atomic E-state index is 0.0105. The average molecular weight is 265 g/mol. The summed E-state index contributed by atoms with van der Waals surface area (Å²) < 4.78 is 7.42. The van der Waals surface area contributed by atoms with E-state index in [1.165, 1.54) is 0 Å². The van der Waals surface area contributed by atoms with E-state index < -0.39 is 0 Å². The molecule has 2 aliphatic heterocycles. The van der Waals surface area contributed by atoms with Crippen LogP contribution in [0.1, 0.15) is 12.1 Å². The molecule has 2 unspecified atom stereocenters. The highest BCUT2D eigenvalue weighted by Gasteiger charge is 2.33. The highest BCUT2D eigenvalue weighted by molar-refractivity contribution is 5.79. The molecule has 0 aromatic carbocycles. The minimum atomic E-state index is -0.187. The van der Waals surface area contributed by atoms with Gasteiger partial charge in [0.1, 0.15) is 0 Å². The summed E-state index contributed by atoms with van der Waals surface area (Å²) >= 11 is 0. The van der Waals surface area contributed by atoms with Crippen molar-refractivity contribution in [2.24, 2.45) is 5.92 Å². The van der Waals surface area contributed by atoms with Crippen LogP contribution in [0, 0.1) is 5.92 Å². The lowest BCUT2D eigenvalue weighted by Crippen LogP contribution is -2.53. The third-order valence-corrected chi connectivity index (χ3v) is 4.04. The maximum Gasteiger partial charge on any atom is 0.226 e. The highest BCUT2D eigenvalue weighted by Crippen LogP contribution is 2.23. The molecule has 2 atom stereocenters. The van der Waals surface area contributed by atoms with Gasteiger partial charge >= 0.3 is 0 Å². The molecular weight excluding hydrogens is 246 g/mol. The third kappa shape index (κ3) is 2.37. The van der Waals surface area contributed by atoms with E-state index in [0.717, 1.165) is 25.1 Å². The Labute approximate surface area is 112 Å². The van der Waals surface area contributed by atoms with Crippen LogP contribution in [-0.4, -0.2) is 57.9 Å². The van der Waals surface area contributed by atoms with Gasteiger partial charge in [0, 0.05) is 37.3 Å². The Balaban J connectivity index is 1.70. The lowest BCUT2D eigenvalue weighted by molar-refractivity contribution is -0.146. The number of aliphatic hydroxyl groups is 1. The number of aliphatic hydroxyl groups excluding tert-OH is 1. The zero-order valence-electron chi connectivity index (χ0n) is 10.9. The second-order valence-corrected chi connectivity index (χ2v) is 5.21. The van der Waals surface area contributed by atoms with E-state index in [2.05, 4.69) is 9.55 Å². The average Bonchev–Trinajstić information content (AvgIpc) is 2.93. The Kier molecular flexibility index (Phi) is 3.52. The van der Waals surface area contributed by atoms with Gasteiger partial charge in [-0.1, -0.05) is 0 Å². The molecule has 1 saturated heterocycles. The van der Waals surface area contributed by atoms with Crippen molar-refractivity contribution in [2.45, 2.75) is 25.4 Å². The van der Waals surface area contributed by atoms with Crippen LogP contribution >= 0.6 is 0 Å². The van der Waals surface area contributed by atoms with E-state index in [9.17, 15) is 9.90 Å². The van der Waals surface area contributed by atoms with Crippen LogP contribution in [0.5, 0.6) is 0 Å². The van der Waals surface area contributed by atoms with Crippen LogP contribution < -0.4 is 0 Å². The maximum absolute atomic E-state index is 12.6. The van der Waals surface area contributed by atoms with Crippen LogP contribution in [0.25, 0.3) is 0 Å². The fraction of sp³-hybridized carbons (Fsp3) is 0.692. The highest BCUT2D eigenvalue weighted by atomic mass is 16.5. The number of ether oxygens (including phenoxy) is 1. The Morgan fingerprint density at radius 2 is 2.42 bits per heavy atom. The second-order valence-electron chi connectivity index (χ2n) is 5.21. The van der Waals surface area contributed by atoms with E-state index in [1.54, 1.807) is 4.90 Å². The number of rotatable bonds is 2. The molecule has 2 aliphatic rings. The smallest absolute Gasteiger partial charge is 0.226 e. The molecule has 104 valence electrons. The summed E-state index contributed by atoms with van der Waals surface area (Å²) in [5, 5.41) is 9.35. The molecule has 3 rings (SSSR count). The van der Waals surface area contributed by atoms with E-state index in [-0.39, 0.29) is 24.5 Å². The molecule has 0 aliphatic carbocycles. The number of carbonyl (C=O) groups is 1. The topological polar surface area (TPSA) is 67.6 Å². The molecule has 6 nitrogen and oxygen atoms in total. The predicted molar refractivity (Wildman–Crippen MR) is 67.4 cm³/mol. The molecular formula is C13H19N3O3. The van der Waals surface area contributed by atoms with E-state index >= 15 is 0 Å². The van der Waals surface area contributed by atoms with Crippen LogP contribution in [0.3, 0.4) is 0 Å². The van der Waals surface area contributed by atoms with Gasteiger partial charge in [0.2, 0.25) is 5.91 Å². The molecule has 1 aromatic rings. The van der Waals surface area contributed by atoms with Crippen molar-refractivity contribution < 1.29 is 14.6 Å². The standard InChI is InChI=1S/C13H19N3O3/c17-7-12-8-19-4-3-16(12)13(18)10-1-2-15-9-14-6-11(15)5-10/h6,9-10,12,17H,1-5,7-8H2. The first-order valence-electron chi connectivity index (χ1n) is 6.77. The zero-order chi connectivity index (χ0) is 13.2. The first kappa shape index (κ1) is 12.6. The summed E-state index contributed by atoms with van der Waals surface area (Å²) in [5.74, 6) is 0.158. The van der Waals surface area contributed by atoms with Gasteiger partial charge in [-0.05, 0) is 6.42 Å². The molecule has 1 aromatic heterocycles. The summed E-state index contributed by atoms with van der Waals surface area (Å²) in [4.78, 5) is 18.5. The molecule has 0 radical (unpaired) electrons. The van der Waals surface area contributed by atoms with Gasteiger partial charge in [-0.3, -0.25) is 4.79 Å². The van der Waals surface area contributed by atoms with Crippen molar-refractivity contribution in [1.29, 1.82) is 0 Å². The van der Waals surface area contributed by atoms with Gasteiger partial charge in [0.05, 0.1) is 32.2 Å². The summed E-state index contributed by atoms with van der Waals surface area (Å²) in [6, 6.07) is -0.187. The van der Waals surface area contributed by atoms with Crippen LogP contribution in [0.2, 0.25) is 0 Å². The van der Waals surface area contributed by atoms with Crippen molar-refractivity contribution in [3.63, 3.8) is 0 Å². The number of fused-ring (bicyclic) bond motifs is 1. The number of aromatic nitrogens is 2. The molecule has 0 spiro atoms. The number of nitrogens with zero attached hydrogens (tertiary/aromatic N) is 3. The fourth-order valence-corrected chi connectivity index (χ4v) is 2.91. The molecule has 1 amide bonds. The van der Waals surface area contributed by atoms with Crippen molar-refractivity contribution in [1.82, 2.24) is 14.5 Å². The van der Waals surface area contributed by atoms with Gasteiger partial charge in [-0.2, -0.15) is 0 Å². The number of amides is 1. The number of carbonyl (C=O) groups excluding carboxylic acids is 1. The number of imidazole rings is 1. The van der Waals surface area contributed by atoms with Crippen molar-refractivity contribution in [3.05, 3.63) is 18.2 Å². The Morgan fingerprint density at radius 1 is 1.53 bits per heavy atom. The molecule has 1 N–H and O–H groups in total. The van der Waals surface area contributed by atoms with Gasteiger partial charge in [0.25, 0.3) is 0 Å². The van der Waals surface area contributed by atoms with E-state index in [0.29, 0.717) is 19.8 Å².